The Morgan fingerprint density at radius 1 is 1.19 bits per heavy atom. The number of carbonyl (C=O) groups excluding carboxylic acids is 1. The molecule has 1 aromatic rings. The van der Waals surface area contributed by atoms with Crippen molar-refractivity contribution in [3.8, 4) is 0 Å². The number of aliphatic hydroxyl groups excluding tert-OH is 1. The number of carboxylic acids is 1. The van der Waals surface area contributed by atoms with Gasteiger partial charge in [0.1, 0.15) is 5.76 Å². The molecule has 0 atom stereocenters. The molecule has 0 amide bonds. The fraction of sp³-hybridized carbons (Fsp3) is 0. The van der Waals surface area contributed by atoms with E-state index < -0.39 is 17.5 Å². The van der Waals surface area contributed by atoms with Gasteiger partial charge in [0.2, 0.25) is 0 Å². The van der Waals surface area contributed by atoms with Crippen molar-refractivity contribution in [2.24, 2.45) is 0 Å². The number of carbonyl (C=O) groups is 2. The van der Waals surface area contributed by atoms with Crippen LogP contribution in [0.3, 0.4) is 0 Å². The van der Waals surface area contributed by atoms with Gasteiger partial charge in [0.25, 0.3) is 5.78 Å². The molecule has 16 heavy (non-hydrogen) atoms. The third-order valence-electron chi connectivity index (χ3n) is 1.68. The van der Waals surface area contributed by atoms with E-state index >= 15 is 0 Å². The van der Waals surface area contributed by atoms with Crippen LogP contribution in [0.1, 0.15) is 5.56 Å². The van der Waals surface area contributed by atoms with E-state index in [1.54, 1.807) is 0 Å². The minimum absolute atomic E-state index is 0.101. The van der Waals surface area contributed by atoms with E-state index in [9.17, 15) is 14.7 Å². The van der Waals surface area contributed by atoms with Crippen LogP contribution in [0.2, 0.25) is 10.0 Å². The molecule has 0 spiro atoms. The van der Waals surface area contributed by atoms with Crippen LogP contribution in [-0.4, -0.2) is 22.0 Å². The lowest BCUT2D eigenvalue weighted by atomic mass is 10.1. The monoisotopic (exact) mass is 260 g/mol. The molecule has 2 N–H and O–H groups in total. The van der Waals surface area contributed by atoms with Crippen molar-refractivity contribution >= 4 is 40.7 Å². The summed E-state index contributed by atoms with van der Waals surface area (Å²) in [7, 11) is 0. The Bertz CT molecular complexity index is 480. The highest BCUT2D eigenvalue weighted by Gasteiger charge is 2.12. The molecule has 0 aliphatic rings. The maximum atomic E-state index is 10.8. The number of carboxylic acid groups (broad SMARTS) is 1. The molecular formula is C10H6Cl2O4. The van der Waals surface area contributed by atoms with Crippen molar-refractivity contribution in [1.82, 2.24) is 0 Å². The van der Waals surface area contributed by atoms with Crippen LogP contribution in [0.4, 0.5) is 0 Å². The summed E-state index contributed by atoms with van der Waals surface area (Å²) in [6, 6.07) is 4.25. The second-order valence-corrected chi connectivity index (χ2v) is 3.67. The normalized spacial score (nSPS) is 11.2. The lowest BCUT2D eigenvalue weighted by Gasteiger charge is -2.03. The Balaban J connectivity index is 3.14. The van der Waals surface area contributed by atoms with Gasteiger partial charge in [0, 0.05) is 16.7 Å². The second-order valence-electron chi connectivity index (χ2n) is 2.82. The summed E-state index contributed by atoms with van der Waals surface area (Å²) in [5, 5.41) is 18.3. The van der Waals surface area contributed by atoms with Gasteiger partial charge in [0.05, 0.1) is 5.02 Å². The van der Waals surface area contributed by atoms with E-state index in [1.165, 1.54) is 18.2 Å². The Hall–Kier alpha value is -1.52. The van der Waals surface area contributed by atoms with Gasteiger partial charge in [-0.05, 0) is 18.2 Å². The predicted molar refractivity (Wildman–Crippen MR) is 59.7 cm³/mol. The number of aliphatic carboxylic acids is 1. The molecule has 1 rings (SSSR count). The van der Waals surface area contributed by atoms with Gasteiger partial charge in [-0.25, -0.2) is 4.79 Å². The van der Waals surface area contributed by atoms with Gasteiger partial charge >= 0.3 is 5.97 Å². The molecule has 4 nitrogen and oxygen atoms in total. The van der Waals surface area contributed by atoms with Gasteiger partial charge in [0.15, 0.2) is 0 Å². The highest BCUT2D eigenvalue weighted by atomic mass is 35.5. The highest BCUT2D eigenvalue weighted by molar-refractivity contribution is 6.39. The van der Waals surface area contributed by atoms with E-state index in [2.05, 4.69) is 0 Å². The minimum atomic E-state index is -1.66. The average Bonchev–Trinajstić information content (AvgIpc) is 2.21. The number of benzene rings is 1. The first kappa shape index (κ1) is 12.5. The lowest BCUT2D eigenvalue weighted by molar-refractivity contribution is -0.146. The van der Waals surface area contributed by atoms with Crippen LogP contribution in [0.25, 0.3) is 5.76 Å². The predicted octanol–water partition coefficient (Wildman–Crippen LogP) is 2.55. The SMILES string of the molecule is O=C(O)C(=O)/C=C(\O)c1cc(Cl)ccc1Cl. The zero-order valence-electron chi connectivity index (χ0n) is 7.78. The average molecular weight is 261 g/mol. The molecule has 0 aliphatic heterocycles. The number of hydrogen-bond donors (Lipinski definition) is 2. The molecule has 6 heteroatoms. The molecule has 84 valence electrons. The fourth-order valence-electron chi connectivity index (χ4n) is 0.957. The topological polar surface area (TPSA) is 74.6 Å². The molecule has 0 fully saturated rings. The molecule has 0 saturated carbocycles. The molecule has 0 radical (unpaired) electrons. The number of aliphatic hydroxyl groups is 1. The summed E-state index contributed by atoms with van der Waals surface area (Å²) in [5.74, 6) is -3.45. The van der Waals surface area contributed by atoms with Gasteiger partial charge in [-0.2, -0.15) is 0 Å². The van der Waals surface area contributed by atoms with Crippen molar-refractivity contribution in [2.45, 2.75) is 0 Å². The zero-order valence-corrected chi connectivity index (χ0v) is 9.29. The molecule has 0 bridgehead atoms. The van der Waals surface area contributed by atoms with Crippen molar-refractivity contribution in [3.05, 3.63) is 39.9 Å². The van der Waals surface area contributed by atoms with Gasteiger partial charge < -0.3 is 10.2 Å². The minimum Gasteiger partial charge on any atom is -0.507 e. The Morgan fingerprint density at radius 2 is 1.81 bits per heavy atom. The second kappa shape index (κ2) is 5.01. The quantitative estimate of drug-likeness (QED) is 0.498. The molecule has 0 unspecified atom stereocenters. The smallest absolute Gasteiger partial charge is 0.376 e. The van der Waals surface area contributed by atoms with Gasteiger partial charge in [-0.15, -0.1) is 0 Å². The Labute approximate surface area is 101 Å². The third-order valence-corrected chi connectivity index (χ3v) is 2.25. The Kier molecular flexibility index (Phi) is 3.93. The van der Waals surface area contributed by atoms with Crippen LogP contribution in [-0.2, 0) is 9.59 Å². The first-order valence-corrected chi connectivity index (χ1v) is 4.80. The van der Waals surface area contributed by atoms with Crippen LogP contribution in [0.15, 0.2) is 24.3 Å². The summed E-state index contributed by atoms with van der Waals surface area (Å²) < 4.78 is 0. The van der Waals surface area contributed by atoms with Crippen LogP contribution < -0.4 is 0 Å². The summed E-state index contributed by atoms with van der Waals surface area (Å²) in [6.07, 6.45) is 0.569. The van der Waals surface area contributed by atoms with E-state index in [1.807, 2.05) is 0 Å². The van der Waals surface area contributed by atoms with E-state index in [0.717, 1.165) is 0 Å². The number of rotatable bonds is 3. The highest BCUT2D eigenvalue weighted by Crippen LogP contribution is 2.25. The summed E-state index contributed by atoms with van der Waals surface area (Å²) >= 11 is 11.4. The summed E-state index contributed by atoms with van der Waals surface area (Å²) in [6.45, 7) is 0. The van der Waals surface area contributed by atoms with Crippen LogP contribution >= 0.6 is 23.2 Å². The Morgan fingerprint density at radius 3 is 2.38 bits per heavy atom. The summed E-state index contributed by atoms with van der Waals surface area (Å²) in [4.78, 5) is 21.1. The third kappa shape index (κ3) is 2.98. The maximum Gasteiger partial charge on any atom is 0.376 e. The molecule has 0 heterocycles. The van der Waals surface area contributed by atoms with Gasteiger partial charge in [-0.3, -0.25) is 4.79 Å². The lowest BCUT2D eigenvalue weighted by Crippen LogP contribution is -2.09. The van der Waals surface area contributed by atoms with Gasteiger partial charge in [-0.1, -0.05) is 23.2 Å². The van der Waals surface area contributed by atoms with Crippen LogP contribution in [0.5, 0.6) is 0 Å². The van der Waals surface area contributed by atoms with Crippen molar-refractivity contribution in [1.29, 1.82) is 0 Å². The largest absolute Gasteiger partial charge is 0.507 e. The molecule has 1 aromatic carbocycles. The number of halogens is 2. The summed E-state index contributed by atoms with van der Waals surface area (Å²) in [5.41, 5.74) is 0.101. The standard InChI is InChI=1S/C10H6Cl2O4/c11-5-1-2-7(12)6(3-5)8(13)4-9(14)10(15)16/h1-4,13H,(H,15,16)/b8-4-. The van der Waals surface area contributed by atoms with E-state index in [4.69, 9.17) is 28.3 Å². The van der Waals surface area contributed by atoms with Crippen LogP contribution in [0, 0.1) is 0 Å². The van der Waals surface area contributed by atoms with Crippen molar-refractivity contribution in [3.63, 3.8) is 0 Å². The van der Waals surface area contributed by atoms with E-state index in [-0.39, 0.29) is 10.6 Å². The zero-order chi connectivity index (χ0) is 12.3. The number of ketones is 1. The van der Waals surface area contributed by atoms with E-state index in [0.29, 0.717) is 11.1 Å². The molecule has 0 saturated heterocycles. The first-order valence-electron chi connectivity index (χ1n) is 4.05. The molecule has 0 aliphatic carbocycles. The maximum absolute atomic E-state index is 10.8. The number of hydrogen-bond acceptors (Lipinski definition) is 3. The molecular weight excluding hydrogens is 255 g/mol. The molecule has 0 aromatic heterocycles. The van der Waals surface area contributed by atoms with Crippen molar-refractivity contribution < 1.29 is 19.8 Å². The fourth-order valence-corrected chi connectivity index (χ4v) is 1.34. The first-order chi connectivity index (χ1) is 7.41. The van der Waals surface area contributed by atoms with Crippen molar-refractivity contribution in [2.75, 3.05) is 0 Å².